The molecule has 3 unspecified atom stereocenters. The van der Waals surface area contributed by atoms with E-state index in [1.807, 2.05) is 10.9 Å². The summed E-state index contributed by atoms with van der Waals surface area (Å²) in [6.07, 6.45) is 13.7. The predicted molar refractivity (Wildman–Crippen MR) is 132 cm³/mol. The zero-order valence-corrected chi connectivity index (χ0v) is 21.6. The second-order valence-electron chi connectivity index (χ2n) is 13.1. The van der Waals surface area contributed by atoms with Gasteiger partial charge in [0.2, 0.25) is 0 Å². The largest absolute Gasteiger partial charge is 0.390 e. The number of nitriles is 1. The third-order valence-electron chi connectivity index (χ3n) is 11.2. The van der Waals surface area contributed by atoms with Crippen LogP contribution in [0.15, 0.2) is 12.4 Å². The summed E-state index contributed by atoms with van der Waals surface area (Å²) in [5.41, 5.74) is 0.239. The number of Topliss-reactive ketones (excluding diaryl/α,β-unsaturated/α-hetero) is 1. The second-order valence-corrected chi connectivity index (χ2v) is 13.1. The summed E-state index contributed by atoms with van der Waals surface area (Å²) in [7, 11) is 0. The molecule has 0 bridgehead atoms. The van der Waals surface area contributed by atoms with E-state index >= 15 is 0 Å². The van der Waals surface area contributed by atoms with Gasteiger partial charge in [-0.05, 0) is 91.8 Å². The highest BCUT2D eigenvalue weighted by Gasteiger charge is 2.64. The van der Waals surface area contributed by atoms with Gasteiger partial charge in [0.25, 0.3) is 0 Å². The Balaban J connectivity index is 1.35. The van der Waals surface area contributed by atoms with Crippen LogP contribution in [0, 0.1) is 57.7 Å². The number of hydrogen-bond acceptors (Lipinski definition) is 4. The van der Waals surface area contributed by atoms with Crippen molar-refractivity contribution in [3.63, 3.8) is 0 Å². The number of carbonyl (C=O) groups is 1. The van der Waals surface area contributed by atoms with Crippen molar-refractivity contribution in [3.05, 3.63) is 18.0 Å². The maximum Gasteiger partial charge on any atom is 0.137 e. The molecule has 186 valence electrons. The minimum Gasteiger partial charge on any atom is -0.390 e. The highest BCUT2D eigenvalue weighted by atomic mass is 16.3. The van der Waals surface area contributed by atoms with Gasteiger partial charge in [0.05, 0.1) is 17.4 Å². The first-order chi connectivity index (χ1) is 16.1. The minimum atomic E-state index is -0.510. The summed E-state index contributed by atoms with van der Waals surface area (Å²) >= 11 is 0. The number of aliphatic hydroxyl groups is 1. The highest BCUT2D eigenvalue weighted by molar-refractivity contribution is 5.84. The van der Waals surface area contributed by atoms with E-state index in [-0.39, 0.29) is 16.7 Å². The molecule has 34 heavy (non-hydrogen) atoms. The Bertz CT molecular complexity index is 980. The van der Waals surface area contributed by atoms with Gasteiger partial charge < -0.3 is 5.11 Å². The van der Waals surface area contributed by atoms with Gasteiger partial charge in [-0.2, -0.15) is 10.4 Å². The van der Waals surface area contributed by atoms with Crippen LogP contribution in [0.5, 0.6) is 0 Å². The lowest BCUT2D eigenvalue weighted by atomic mass is 9.43. The van der Waals surface area contributed by atoms with Crippen molar-refractivity contribution in [2.75, 3.05) is 0 Å². The maximum absolute atomic E-state index is 14.0. The number of ketones is 1. The molecule has 0 radical (unpaired) electrons. The number of carbonyl (C=O) groups excluding carboxylic acids is 1. The number of nitrogens with zero attached hydrogens (tertiary/aromatic N) is 3. The molecule has 1 heterocycles. The fourth-order valence-electron chi connectivity index (χ4n) is 9.75. The standard InChI is InChI=1S/C29H43N3O2/c1-5-10-29(34)12-11-27(3)21(13-29)6-7-22-24-9-8-23(28(24,4)14-25(33)26(22)27)19(2)17-32-18-20(15-30)16-31-32/h16,18-19,21-24,26,34H,5-14,17H2,1-4H3/t19-,21+,22-,23?,24?,26?,27-,28+,29+/m0/s1. The van der Waals surface area contributed by atoms with E-state index < -0.39 is 5.60 Å². The van der Waals surface area contributed by atoms with E-state index in [1.54, 1.807) is 6.20 Å². The van der Waals surface area contributed by atoms with E-state index in [0.717, 1.165) is 51.5 Å². The molecule has 4 fully saturated rings. The molecule has 0 aromatic carbocycles. The summed E-state index contributed by atoms with van der Waals surface area (Å²) in [6.45, 7) is 10.1. The van der Waals surface area contributed by atoms with E-state index in [0.29, 0.717) is 40.9 Å². The average molecular weight is 466 g/mol. The van der Waals surface area contributed by atoms with E-state index in [2.05, 4.69) is 38.9 Å². The minimum absolute atomic E-state index is 0.0633. The van der Waals surface area contributed by atoms with Crippen molar-refractivity contribution in [2.45, 2.75) is 104 Å². The summed E-state index contributed by atoms with van der Waals surface area (Å²) in [5, 5.41) is 24.7. The lowest BCUT2D eigenvalue weighted by Gasteiger charge is -2.61. The molecule has 1 N–H and O–H groups in total. The Labute approximate surface area is 205 Å². The molecule has 0 spiro atoms. The van der Waals surface area contributed by atoms with Gasteiger partial charge in [-0.15, -0.1) is 0 Å². The first-order valence-electron chi connectivity index (χ1n) is 13.8. The molecule has 4 aliphatic rings. The van der Waals surface area contributed by atoms with Crippen LogP contribution in [-0.4, -0.2) is 26.3 Å². The van der Waals surface area contributed by atoms with Gasteiger partial charge in [-0.1, -0.05) is 34.1 Å². The van der Waals surface area contributed by atoms with Crippen LogP contribution in [0.2, 0.25) is 0 Å². The molecule has 5 nitrogen and oxygen atoms in total. The quantitative estimate of drug-likeness (QED) is 0.599. The number of aromatic nitrogens is 2. The van der Waals surface area contributed by atoms with Crippen molar-refractivity contribution in [1.29, 1.82) is 5.26 Å². The molecule has 9 atom stereocenters. The average Bonchev–Trinajstić information content (AvgIpc) is 3.37. The second kappa shape index (κ2) is 8.47. The molecular formula is C29H43N3O2. The Morgan fingerprint density at radius 3 is 2.74 bits per heavy atom. The van der Waals surface area contributed by atoms with Gasteiger partial charge in [0.1, 0.15) is 11.9 Å². The van der Waals surface area contributed by atoms with Crippen molar-refractivity contribution < 1.29 is 9.90 Å². The summed E-state index contributed by atoms with van der Waals surface area (Å²) in [5.74, 6) is 3.27. The van der Waals surface area contributed by atoms with Gasteiger partial charge in [-0.25, -0.2) is 0 Å². The van der Waals surface area contributed by atoms with Crippen LogP contribution in [0.1, 0.15) is 97.5 Å². The molecule has 0 saturated heterocycles. The molecule has 1 aromatic heterocycles. The molecule has 4 aliphatic carbocycles. The summed E-state index contributed by atoms with van der Waals surface area (Å²) in [6, 6.07) is 2.17. The normalized spacial score (nSPS) is 44.6. The SMILES string of the molecule is CCC[C@@]1(O)CC[C@]2(C)C3C(=O)C[C@@]4(C)C(CCC4[C@@H](C)Cn4cc(C#N)cn4)[C@@H]3CC[C@@H]2C1. The van der Waals surface area contributed by atoms with Crippen LogP contribution >= 0.6 is 0 Å². The van der Waals surface area contributed by atoms with E-state index in [1.165, 1.54) is 19.3 Å². The molecule has 5 rings (SSSR count). The number of rotatable bonds is 5. The van der Waals surface area contributed by atoms with Crippen molar-refractivity contribution in [2.24, 2.45) is 46.3 Å². The van der Waals surface area contributed by atoms with Gasteiger partial charge in [0.15, 0.2) is 0 Å². The van der Waals surface area contributed by atoms with E-state index in [4.69, 9.17) is 5.26 Å². The molecule has 4 saturated carbocycles. The van der Waals surface area contributed by atoms with Crippen LogP contribution < -0.4 is 0 Å². The maximum atomic E-state index is 14.0. The summed E-state index contributed by atoms with van der Waals surface area (Å²) < 4.78 is 1.92. The van der Waals surface area contributed by atoms with Crippen LogP contribution in [0.3, 0.4) is 0 Å². The van der Waals surface area contributed by atoms with Crippen LogP contribution in [0.25, 0.3) is 0 Å². The monoisotopic (exact) mass is 465 g/mol. The zero-order valence-electron chi connectivity index (χ0n) is 21.6. The van der Waals surface area contributed by atoms with Gasteiger partial charge >= 0.3 is 0 Å². The molecule has 0 amide bonds. The van der Waals surface area contributed by atoms with Crippen LogP contribution in [0.4, 0.5) is 0 Å². The fraction of sp³-hybridized carbons (Fsp3) is 0.828. The highest BCUT2D eigenvalue weighted by Crippen LogP contribution is 2.68. The first kappa shape index (κ1) is 24.0. The predicted octanol–water partition coefficient (Wildman–Crippen LogP) is 5.76. The Morgan fingerprint density at radius 1 is 1.24 bits per heavy atom. The van der Waals surface area contributed by atoms with Crippen LogP contribution in [-0.2, 0) is 11.3 Å². The number of hydrogen-bond donors (Lipinski definition) is 1. The molecular weight excluding hydrogens is 422 g/mol. The lowest BCUT2D eigenvalue weighted by Crippen LogP contribution is -2.59. The van der Waals surface area contributed by atoms with Gasteiger partial charge in [-0.3, -0.25) is 9.48 Å². The summed E-state index contributed by atoms with van der Waals surface area (Å²) in [4.78, 5) is 14.0. The number of fused-ring (bicyclic) bond motifs is 5. The van der Waals surface area contributed by atoms with Gasteiger partial charge in [0, 0.05) is 25.1 Å². The van der Waals surface area contributed by atoms with Crippen molar-refractivity contribution in [1.82, 2.24) is 9.78 Å². The molecule has 5 heteroatoms. The topological polar surface area (TPSA) is 78.9 Å². The molecule has 0 aliphatic heterocycles. The fourth-order valence-corrected chi connectivity index (χ4v) is 9.75. The smallest absolute Gasteiger partial charge is 0.137 e. The lowest BCUT2D eigenvalue weighted by molar-refractivity contribution is -0.171. The van der Waals surface area contributed by atoms with E-state index in [9.17, 15) is 9.90 Å². The Morgan fingerprint density at radius 2 is 2.03 bits per heavy atom. The first-order valence-corrected chi connectivity index (χ1v) is 13.8. The van der Waals surface area contributed by atoms with Crippen molar-refractivity contribution in [3.8, 4) is 6.07 Å². The third-order valence-corrected chi connectivity index (χ3v) is 11.2. The Hall–Kier alpha value is -1.67. The third kappa shape index (κ3) is 3.67. The zero-order chi connectivity index (χ0) is 24.3. The van der Waals surface area contributed by atoms with Crippen molar-refractivity contribution >= 4 is 5.78 Å². The molecule has 1 aromatic rings. The Kier molecular flexibility index (Phi) is 5.99.